The number of amides is 2. The molecule has 0 aliphatic carbocycles. The van der Waals surface area contributed by atoms with Crippen molar-refractivity contribution in [3.05, 3.63) is 36.4 Å². The molecule has 0 aliphatic rings. The summed E-state index contributed by atoms with van der Waals surface area (Å²) in [5.41, 5.74) is 0.779. The van der Waals surface area contributed by atoms with E-state index in [0.29, 0.717) is 17.1 Å². The van der Waals surface area contributed by atoms with Crippen molar-refractivity contribution in [1.82, 2.24) is 14.9 Å². The first kappa shape index (κ1) is 18.6. The summed E-state index contributed by atoms with van der Waals surface area (Å²) < 4.78 is 14.8. The quantitative estimate of drug-likeness (QED) is 0.874. The third-order valence-electron chi connectivity index (χ3n) is 3.63. The maximum Gasteiger partial charge on any atom is 0.227 e. The number of halogens is 1. The summed E-state index contributed by atoms with van der Waals surface area (Å²) in [6, 6.07) is 5.91. The van der Waals surface area contributed by atoms with Gasteiger partial charge < -0.3 is 15.2 Å². The van der Waals surface area contributed by atoms with Crippen LogP contribution in [0, 0.1) is 11.2 Å². The SMILES string of the molecule is Cn1cnc(-c2ccc(F)cc2)c1NC(=O)CCNC(=O)C(C)(C)C. The van der Waals surface area contributed by atoms with Crippen LogP contribution in [0.5, 0.6) is 0 Å². The molecule has 134 valence electrons. The van der Waals surface area contributed by atoms with Crippen LogP contribution >= 0.6 is 0 Å². The van der Waals surface area contributed by atoms with Crippen LogP contribution in [0.15, 0.2) is 30.6 Å². The van der Waals surface area contributed by atoms with Gasteiger partial charge in [-0.05, 0) is 24.3 Å². The molecule has 1 heterocycles. The van der Waals surface area contributed by atoms with Crippen LogP contribution in [0.2, 0.25) is 0 Å². The third-order valence-corrected chi connectivity index (χ3v) is 3.63. The molecule has 1 aromatic heterocycles. The number of hydrogen-bond donors (Lipinski definition) is 2. The molecule has 0 bridgehead atoms. The van der Waals surface area contributed by atoms with Gasteiger partial charge in [-0.1, -0.05) is 20.8 Å². The Morgan fingerprint density at radius 2 is 1.84 bits per heavy atom. The minimum absolute atomic E-state index is 0.104. The molecule has 25 heavy (non-hydrogen) atoms. The Labute approximate surface area is 146 Å². The van der Waals surface area contributed by atoms with Crippen LogP contribution in [0.1, 0.15) is 27.2 Å². The smallest absolute Gasteiger partial charge is 0.227 e. The molecule has 1 aromatic carbocycles. The first-order valence-electron chi connectivity index (χ1n) is 8.04. The average molecular weight is 346 g/mol. The van der Waals surface area contributed by atoms with Gasteiger partial charge in [0.25, 0.3) is 0 Å². The lowest BCUT2D eigenvalue weighted by molar-refractivity contribution is -0.128. The van der Waals surface area contributed by atoms with Gasteiger partial charge in [0.1, 0.15) is 17.3 Å². The van der Waals surface area contributed by atoms with Gasteiger partial charge in [-0.2, -0.15) is 0 Å². The first-order valence-corrected chi connectivity index (χ1v) is 8.04. The van der Waals surface area contributed by atoms with Crippen LogP contribution in [0.3, 0.4) is 0 Å². The number of nitrogens with zero attached hydrogens (tertiary/aromatic N) is 2. The van der Waals surface area contributed by atoms with E-state index in [1.165, 1.54) is 12.1 Å². The molecule has 0 spiro atoms. The molecule has 0 saturated carbocycles. The molecule has 0 radical (unpaired) electrons. The number of carbonyl (C=O) groups excluding carboxylic acids is 2. The number of nitrogens with one attached hydrogen (secondary N) is 2. The normalized spacial score (nSPS) is 11.2. The van der Waals surface area contributed by atoms with Gasteiger partial charge in [0.2, 0.25) is 11.8 Å². The Kier molecular flexibility index (Phi) is 5.56. The van der Waals surface area contributed by atoms with E-state index in [0.717, 1.165) is 0 Å². The lowest BCUT2D eigenvalue weighted by Gasteiger charge is -2.17. The van der Waals surface area contributed by atoms with E-state index in [2.05, 4.69) is 15.6 Å². The van der Waals surface area contributed by atoms with Crippen molar-refractivity contribution in [2.45, 2.75) is 27.2 Å². The zero-order chi connectivity index (χ0) is 18.6. The highest BCUT2D eigenvalue weighted by atomic mass is 19.1. The summed E-state index contributed by atoms with van der Waals surface area (Å²) in [7, 11) is 1.76. The Bertz CT molecular complexity index is 760. The van der Waals surface area contributed by atoms with Crippen molar-refractivity contribution in [2.75, 3.05) is 11.9 Å². The van der Waals surface area contributed by atoms with E-state index in [9.17, 15) is 14.0 Å². The van der Waals surface area contributed by atoms with Gasteiger partial charge >= 0.3 is 0 Å². The van der Waals surface area contributed by atoms with E-state index >= 15 is 0 Å². The summed E-state index contributed by atoms with van der Waals surface area (Å²) in [4.78, 5) is 28.2. The van der Waals surface area contributed by atoms with Gasteiger partial charge in [0, 0.05) is 31.0 Å². The minimum atomic E-state index is -0.492. The summed E-state index contributed by atoms with van der Waals surface area (Å²) in [6.07, 6.45) is 1.73. The zero-order valence-corrected chi connectivity index (χ0v) is 14.9. The van der Waals surface area contributed by atoms with Gasteiger partial charge in [-0.25, -0.2) is 9.37 Å². The average Bonchev–Trinajstić information content (AvgIpc) is 2.88. The number of imidazole rings is 1. The number of rotatable bonds is 5. The second-order valence-corrected chi connectivity index (χ2v) is 6.86. The Balaban J connectivity index is 2.01. The Morgan fingerprint density at radius 1 is 1.20 bits per heavy atom. The van der Waals surface area contributed by atoms with Gasteiger partial charge in [-0.15, -0.1) is 0 Å². The standard InChI is InChI=1S/C18H23FN4O2/c1-18(2,3)17(25)20-10-9-14(24)22-16-15(21-11-23(16)4)12-5-7-13(19)8-6-12/h5-8,11H,9-10H2,1-4H3,(H,20,25)(H,22,24). The summed E-state index contributed by atoms with van der Waals surface area (Å²) in [5.74, 6) is -0.146. The maximum atomic E-state index is 13.1. The van der Waals surface area contributed by atoms with E-state index in [-0.39, 0.29) is 30.6 Å². The highest BCUT2D eigenvalue weighted by molar-refractivity contribution is 5.94. The van der Waals surface area contributed by atoms with Crippen molar-refractivity contribution >= 4 is 17.6 Å². The number of benzene rings is 1. The number of anilines is 1. The molecule has 2 aromatic rings. The van der Waals surface area contributed by atoms with Crippen molar-refractivity contribution in [3.63, 3.8) is 0 Å². The summed E-state index contributed by atoms with van der Waals surface area (Å²) in [6.45, 7) is 5.69. The van der Waals surface area contributed by atoms with Crippen LogP contribution in [0.25, 0.3) is 11.3 Å². The maximum absolute atomic E-state index is 13.1. The van der Waals surface area contributed by atoms with Gasteiger partial charge in [0.15, 0.2) is 0 Å². The minimum Gasteiger partial charge on any atom is -0.355 e. The third kappa shape index (κ3) is 4.89. The van der Waals surface area contributed by atoms with Crippen molar-refractivity contribution in [1.29, 1.82) is 0 Å². The molecule has 6 nitrogen and oxygen atoms in total. The predicted octanol–water partition coefficient (Wildman–Crippen LogP) is 2.72. The predicted molar refractivity (Wildman–Crippen MR) is 94.3 cm³/mol. The fourth-order valence-electron chi connectivity index (χ4n) is 2.15. The fourth-order valence-corrected chi connectivity index (χ4v) is 2.15. The number of aryl methyl sites for hydroxylation is 1. The van der Waals surface area contributed by atoms with E-state index in [1.807, 2.05) is 20.8 Å². The summed E-state index contributed by atoms with van der Waals surface area (Å²) in [5, 5.41) is 5.54. The highest BCUT2D eigenvalue weighted by Gasteiger charge is 2.21. The highest BCUT2D eigenvalue weighted by Crippen LogP contribution is 2.26. The van der Waals surface area contributed by atoms with Crippen molar-refractivity contribution in [3.8, 4) is 11.3 Å². The fraction of sp³-hybridized carbons (Fsp3) is 0.389. The summed E-state index contributed by atoms with van der Waals surface area (Å²) >= 11 is 0. The zero-order valence-electron chi connectivity index (χ0n) is 14.9. The van der Waals surface area contributed by atoms with Crippen LogP contribution in [-0.2, 0) is 16.6 Å². The molecule has 2 amide bonds. The van der Waals surface area contributed by atoms with Gasteiger partial charge in [0.05, 0.1) is 6.33 Å². The largest absolute Gasteiger partial charge is 0.355 e. The lowest BCUT2D eigenvalue weighted by Crippen LogP contribution is -2.36. The molecule has 7 heteroatoms. The van der Waals surface area contributed by atoms with E-state index in [1.54, 1.807) is 30.1 Å². The Hall–Kier alpha value is -2.70. The molecule has 0 unspecified atom stereocenters. The van der Waals surface area contributed by atoms with E-state index in [4.69, 9.17) is 0 Å². The number of aromatic nitrogens is 2. The number of hydrogen-bond acceptors (Lipinski definition) is 3. The van der Waals surface area contributed by atoms with Gasteiger partial charge in [-0.3, -0.25) is 9.59 Å². The van der Waals surface area contributed by atoms with E-state index < -0.39 is 5.41 Å². The first-order chi connectivity index (χ1) is 11.7. The van der Waals surface area contributed by atoms with Crippen LogP contribution < -0.4 is 10.6 Å². The topological polar surface area (TPSA) is 76.0 Å². The molecular formula is C18H23FN4O2. The molecule has 0 saturated heterocycles. The lowest BCUT2D eigenvalue weighted by atomic mass is 9.96. The second kappa shape index (κ2) is 7.46. The van der Waals surface area contributed by atoms with Crippen molar-refractivity contribution in [2.24, 2.45) is 12.5 Å². The molecule has 2 N–H and O–H groups in total. The van der Waals surface area contributed by atoms with Crippen molar-refractivity contribution < 1.29 is 14.0 Å². The second-order valence-electron chi connectivity index (χ2n) is 6.86. The molecular weight excluding hydrogens is 323 g/mol. The number of carbonyl (C=O) groups is 2. The molecule has 0 fully saturated rings. The molecule has 0 atom stereocenters. The Morgan fingerprint density at radius 3 is 2.44 bits per heavy atom. The molecule has 0 aliphatic heterocycles. The van der Waals surface area contributed by atoms with Crippen LogP contribution in [0.4, 0.5) is 10.2 Å². The van der Waals surface area contributed by atoms with Crippen LogP contribution in [-0.4, -0.2) is 27.9 Å². The molecule has 2 rings (SSSR count). The monoisotopic (exact) mass is 346 g/mol.